The van der Waals surface area contributed by atoms with E-state index in [9.17, 15) is 9.50 Å². The van der Waals surface area contributed by atoms with Crippen LogP contribution in [-0.2, 0) is 6.42 Å². The fourth-order valence-electron chi connectivity index (χ4n) is 1.91. The average Bonchev–Trinajstić information content (AvgIpc) is 2.34. The topological polar surface area (TPSA) is 23.5 Å². The maximum absolute atomic E-state index is 13.5. The summed E-state index contributed by atoms with van der Waals surface area (Å²) < 4.78 is 13.5. The normalized spacial score (nSPS) is 13.0. The van der Waals surface area contributed by atoms with E-state index in [0.717, 1.165) is 19.6 Å². The third-order valence-corrected chi connectivity index (χ3v) is 3.38. The number of benzene rings is 1. The fourth-order valence-corrected chi connectivity index (χ4v) is 2.07. The van der Waals surface area contributed by atoms with E-state index in [1.165, 1.54) is 6.07 Å². The van der Waals surface area contributed by atoms with Crippen LogP contribution in [-0.4, -0.2) is 35.7 Å². The van der Waals surface area contributed by atoms with Crippen molar-refractivity contribution in [3.63, 3.8) is 0 Å². The minimum atomic E-state index is -0.513. The van der Waals surface area contributed by atoms with Gasteiger partial charge in [0.2, 0.25) is 0 Å². The molecule has 1 atom stereocenters. The Bertz CT molecular complexity index is 369. The third kappa shape index (κ3) is 4.92. The molecule has 0 heterocycles. The Morgan fingerprint density at radius 1 is 1.33 bits per heavy atom. The molecule has 0 aromatic heterocycles. The summed E-state index contributed by atoms with van der Waals surface area (Å²) in [5, 5.41) is 10.3. The van der Waals surface area contributed by atoms with Crippen molar-refractivity contribution < 1.29 is 9.50 Å². The van der Waals surface area contributed by atoms with Crippen LogP contribution in [0.4, 0.5) is 4.39 Å². The Balaban J connectivity index is 2.46. The zero-order chi connectivity index (χ0) is 13.5. The van der Waals surface area contributed by atoms with E-state index >= 15 is 0 Å². The summed E-state index contributed by atoms with van der Waals surface area (Å²) >= 11 is 5.68. The maximum atomic E-state index is 13.5. The smallest absolute Gasteiger partial charge is 0.127 e. The van der Waals surface area contributed by atoms with Crippen LogP contribution in [0.25, 0.3) is 0 Å². The highest BCUT2D eigenvalue weighted by Crippen LogP contribution is 2.16. The van der Waals surface area contributed by atoms with E-state index in [1.54, 1.807) is 12.1 Å². The van der Waals surface area contributed by atoms with Gasteiger partial charge >= 0.3 is 0 Å². The molecule has 1 rings (SSSR count). The lowest BCUT2D eigenvalue weighted by Crippen LogP contribution is -2.27. The van der Waals surface area contributed by atoms with Gasteiger partial charge in [-0.15, -0.1) is 0 Å². The Labute approximate surface area is 113 Å². The Hall–Kier alpha value is -0.640. The van der Waals surface area contributed by atoms with Crippen LogP contribution in [0.1, 0.15) is 25.8 Å². The quantitative estimate of drug-likeness (QED) is 0.825. The van der Waals surface area contributed by atoms with E-state index in [0.29, 0.717) is 23.4 Å². The van der Waals surface area contributed by atoms with Crippen molar-refractivity contribution in [2.75, 3.05) is 19.6 Å². The number of halogens is 2. The first-order valence-electron chi connectivity index (χ1n) is 6.41. The van der Waals surface area contributed by atoms with E-state index in [4.69, 9.17) is 11.6 Å². The first-order valence-corrected chi connectivity index (χ1v) is 6.79. The molecular weight excluding hydrogens is 253 g/mol. The van der Waals surface area contributed by atoms with Crippen LogP contribution in [0.2, 0.25) is 5.02 Å². The summed E-state index contributed by atoms with van der Waals surface area (Å²) in [7, 11) is 0. The number of aliphatic hydroxyl groups is 1. The standard InChI is InChI=1S/C14H21ClFNO/c1-3-17(4-2)8-7-13(18)9-11-5-6-12(15)10-14(11)16/h5-6,10,13,18H,3-4,7-9H2,1-2H3. The number of hydrogen-bond donors (Lipinski definition) is 1. The predicted molar refractivity (Wildman–Crippen MR) is 73.5 cm³/mol. The molecule has 0 fully saturated rings. The number of hydrogen-bond acceptors (Lipinski definition) is 2. The Morgan fingerprint density at radius 3 is 2.56 bits per heavy atom. The van der Waals surface area contributed by atoms with Crippen LogP contribution in [0.5, 0.6) is 0 Å². The van der Waals surface area contributed by atoms with Crippen LogP contribution in [0.15, 0.2) is 18.2 Å². The van der Waals surface area contributed by atoms with Crippen LogP contribution in [0, 0.1) is 5.82 Å². The minimum Gasteiger partial charge on any atom is -0.393 e. The molecule has 0 aliphatic heterocycles. The van der Waals surface area contributed by atoms with E-state index in [2.05, 4.69) is 18.7 Å². The van der Waals surface area contributed by atoms with E-state index in [-0.39, 0.29) is 5.82 Å². The van der Waals surface area contributed by atoms with Crippen molar-refractivity contribution in [1.82, 2.24) is 4.90 Å². The first kappa shape index (κ1) is 15.4. The number of nitrogens with zero attached hydrogens (tertiary/aromatic N) is 1. The lowest BCUT2D eigenvalue weighted by atomic mass is 10.0. The molecule has 1 aromatic rings. The Kier molecular flexibility index (Phi) is 6.61. The molecule has 2 nitrogen and oxygen atoms in total. The van der Waals surface area contributed by atoms with Crippen LogP contribution in [0.3, 0.4) is 0 Å². The van der Waals surface area contributed by atoms with Gasteiger partial charge in [0.05, 0.1) is 6.10 Å². The van der Waals surface area contributed by atoms with Gasteiger partial charge in [-0.2, -0.15) is 0 Å². The summed E-state index contributed by atoms with van der Waals surface area (Å²) in [6.45, 7) is 6.96. The van der Waals surface area contributed by atoms with Crippen molar-refractivity contribution in [3.05, 3.63) is 34.6 Å². The zero-order valence-corrected chi connectivity index (χ0v) is 11.8. The summed E-state index contributed by atoms with van der Waals surface area (Å²) in [6.07, 6.45) is 0.481. The molecular formula is C14H21ClFNO. The second-order valence-corrected chi connectivity index (χ2v) is 4.85. The second-order valence-electron chi connectivity index (χ2n) is 4.41. The molecule has 1 unspecified atom stereocenters. The van der Waals surface area contributed by atoms with E-state index in [1.807, 2.05) is 0 Å². The van der Waals surface area contributed by atoms with Gasteiger partial charge in [0, 0.05) is 18.0 Å². The Morgan fingerprint density at radius 2 is 2.00 bits per heavy atom. The van der Waals surface area contributed by atoms with Crippen molar-refractivity contribution in [1.29, 1.82) is 0 Å². The molecule has 102 valence electrons. The van der Waals surface area contributed by atoms with Gasteiger partial charge in [0.15, 0.2) is 0 Å². The summed E-state index contributed by atoms with van der Waals surface area (Å²) in [5.41, 5.74) is 0.520. The third-order valence-electron chi connectivity index (χ3n) is 3.14. The maximum Gasteiger partial charge on any atom is 0.127 e. The van der Waals surface area contributed by atoms with Gasteiger partial charge in [-0.05, 0) is 37.2 Å². The second kappa shape index (κ2) is 7.72. The predicted octanol–water partition coefficient (Wildman–Crippen LogP) is 3.11. The number of aliphatic hydroxyl groups excluding tert-OH is 1. The fraction of sp³-hybridized carbons (Fsp3) is 0.571. The highest BCUT2D eigenvalue weighted by Gasteiger charge is 2.11. The van der Waals surface area contributed by atoms with Gasteiger partial charge in [-0.3, -0.25) is 0 Å². The molecule has 18 heavy (non-hydrogen) atoms. The average molecular weight is 274 g/mol. The molecule has 0 radical (unpaired) electrons. The molecule has 1 aromatic carbocycles. The van der Waals surface area contributed by atoms with Gasteiger partial charge in [-0.1, -0.05) is 31.5 Å². The van der Waals surface area contributed by atoms with Gasteiger partial charge in [0.1, 0.15) is 5.82 Å². The molecule has 0 aliphatic carbocycles. The lowest BCUT2D eigenvalue weighted by molar-refractivity contribution is 0.143. The minimum absolute atomic E-state index is 0.338. The molecule has 0 amide bonds. The van der Waals surface area contributed by atoms with Crippen LogP contribution >= 0.6 is 11.6 Å². The van der Waals surface area contributed by atoms with Crippen molar-refractivity contribution in [2.24, 2.45) is 0 Å². The molecule has 0 saturated carbocycles. The van der Waals surface area contributed by atoms with Crippen molar-refractivity contribution in [3.8, 4) is 0 Å². The van der Waals surface area contributed by atoms with Crippen LogP contribution < -0.4 is 0 Å². The summed E-state index contributed by atoms with van der Waals surface area (Å²) in [4.78, 5) is 2.24. The SMILES string of the molecule is CCN(CC)CCC(O)Cc1ccc(Cl)cc1F. The molecule has 4 heteroatoms. The van der Waals surface area contributed by atoms with Gasteiger partial charge in [0.25, 0.3) is 0 Å². The highest BCUT2D eigenvalue weighted by atomic mass is 35.5. The first-order chi connectivity index (χ1) is 8.56. The molecule has 0 bridgehead atoms. The van der Waals surface area contributed by atoms with Gasteiger partial charge < -0.3 is 10.0 Å². The molecule has 0 spiro atoms. The molecule has 0 aliphatic rings. The largest absolute Gasteiger partial charge is 0.393 e. The van der Waals surface area contributed by atoms with E-state index < -0.39 is 6.10 Å². The zero-order valence-electron chi connectivity index (χ0n) is 11.0. The summed E-state index contributed by atoms with van der Waals surface area (Å²) in [6, 6.07) is 4.57. The van der Waals surface area contributed by atoms with Crippen molar-refractivity contribution in [2.45, 2.75) is 32.8 Å². The molecule has 0 saturated heterocycles. The summed E-state index contributed by atoms with van der Waals surface area (Å²) in [5.74, 6) is -0.343. The highest BCUT2D eigenvalue weighted by molar-refractivity contribution is 6.30. The van der Waals surface area contributed by atoms with Gasteiger partial charge in [-0.25, -0.2) is 4.39 Å². The van der Waals surface area contributed by atoms with Crippen molar-refractivity contribution >= 4 is 11.6 Å². The number of rotatable bonds is 7. The molecule has 1 N–H and O–H groups in total. The lowest BCUT2D eigenvalue weighted by Gasteiger charge is -2.20. The monoisotopic (exact) mass is 273 g/mol.